The third kappa shape index (κ3) is 2.44. The van der Waals surface area contributed by atoms with Crippen molar-refractivity contribution in [1.82, 2.24) is 9.47 Å². The zero-order valence-corrected chi connectivity index (χ0v) is 9.65. The minimum Gasteiger partial charge on any atom is -0.477 e. The molecule has 0 spiro atoms. The Bertz CT molecular complexity index is 378. The molecule has 1 fully saturated rings. The van der Waals surface area contributed by atoms with Gasteiger partial charge in [0.1, 0.15) is 5.69 Å². The minimum atomic E-state index is -0.854. The van der Waals surface area contributed by atoms with Crippen LogP contribution >= 0.6 is 0 Å². The molecule has 0 aromatic carbocycles. The number of carbonyl (C=O) groups is 1. The molecule has 2 heterocycles. The van der Waals surface area contributed by atoms with Gasteiger partial charge in [-0.25, -0.2) is 4.79 Å². The number of aryl methyl sites for hydroxylation is 1. The molecular weight excluding hydrogens is 204 g/mol. The summed E-state index contributed by atoms with van der Waals surface area (Å²) in [7, 11) is 1.78. The number of aromatic carboxylic acids is 1. The SMILES string of the molecule is Cn1cc(CN2CCCCC2)cc1C(=O)O. The summed E-state index contributed by atoms with van der Waals surface area (Å²) in [5, 5.41) is 8.95. The lowest BCUT2D eigenvalue weighted by molar-refractivity contribution is 0.0686. The van der Waals surface area contributed by atoms with Crippen molar-refractivity contribution in [2.75, 3.05) is 13.1 Å². The number of nitrogens with zero attached hydrogens (tertiary/aromatic N) is 2. The second kappa shape index (κ2) is 4.70. The fraction of sp³-hybridized carbons (Fsp3) is 0.583. The lowest BCUT2D eigenvalue weighted by Crippen LogP contribution is -2.28. The van der Waals surface area contributed by atoms with E-state index in [-0.39, 0.29) is 0 Å². The number of likely N-dealkylation sites (tertiary alicyclic amines) is 1. The van der Waals surface area contributed by atoms with Gasteiger partial charge in [-0.2, -0.15) is 0 Å². The number of aromatic nitrogens is 1. The van der Waals surface area contributed by atoms with Crippen LogP contribution < -0.4 is 0 Å². The maximum atomic E-state index is 10.9. The summed E-state index contributed by atoms with van der Waals surface area (Å²) in [6.45, 7) is 3.15. The minimum absolute atomic E-state index is 0.368. The van der Waals surface area contributed by atoms with Crippen molar-refractivity contribution in [1.29, 1.82) is 0 Å². The molecule has 4 nitrogen and oxygen atoms in total. The van der Waals surface area contributed by atoms with Crippen LogP contribution in [0.25, 0.3) is 0 Å². The third-order valence-electron chi connectivity index (χ3n) is 3.14. The van der Waals surface area contributed by atoms with Crippen molar-refractivity contribution < 1.29 is 9.90 Å². The molecule has 1 aliphatic rings. The van der Waals surface area contributed by atoms with Gasteiger partial charge in [0.2, 0.25) is 0 Å². The van der Waals surface area contributed by atoms with Crippen LogP contribution in [0.2, 0.25) is 0 Å². The molecule has 16 heavy (non-hydrogen) atoms. The van der Waals surface area contributed by atoms with Gasteiger partial charge in [0.05, 0.1) is 0 Å². The maximum Gasteiger partial charge on any atom is 0.352 e. The Balaban J connectivity index is 2.03. The van der Waals surface area contributed by atoms with Gasteiger partial charge in [-0.1, -0.05) is 6.42 Å². The molecule has 1 saturated heterocycles. The summed E-state index contributed by atoms with van der Waals surface area (Å²) in [6, 6.07) is 1.77. The van der Waals surface area contributed by atoms with Crippen LogP contribution in [0, 0.1) is 0 Å². The largest absolute Gasteiger partial charge is 0.477 e. The Hall–Kier alpha value is -1.29. The van der Waals surface area contributed by atoms with Crippen LogP contribution in [0.4, 0.5) is 0 Å². The maximum absolute atomic E-state index is 10.9. The highest BCUT2D eigenvalue weighted by Gasteiger charge is 2.14. The molecule has 0 bridgehead atoms. The molecule has 1 aliphatic heterocycles. The first-order valence-electron chi connectivity index (χ1n) is 5.78. The van der Waals surface area contributed by atoms with Crippen molar-refractivity contribution in [2.24, 2.45) is 7.05 Å². The van der Waals surface area contributed by atoms with E-state index in [4.69, 9.17) is 5.11 Å². The Morgan fingerprint density at radius 2 is 2.06 bits per heavy atom. The fourth-order valence-electron chi connectivity index (χ4n) is 2.31. The highest BCUT2D eigenvalue weighted by molar-refractivity contribution is 5.86. The van der Waals surface area contributed by atoms with E-state index in [1.165, 1.54) is 19.3 Å². The predicted molar refractivity (Wildman–Crippen MR) is 61.5 cm³/mol. The number of hydrogen-bond acceptors (Lipinski definition) is 2. The molecule has 0 unspecified atom stereocenters. The highest BCUT2D eigenvalue weighted by atomic mass is 16.4. The van der Waals surface area contributed by atoms with Crippen LogP contribution in [-0.2, 0) is 13.6 Å². The quantitative estimate of drug-likeness (QED) is 0.846. The normalized spacial score (nSPS) is 17.6. The first-order valence-corrected chi connectivity index (χ1v) is 5.78. The number of piperidine rings is 1. The number of rotatable bonds is 3. The number of carboxylic acids is 1. The molecular formula is C12H18N2O2. The van der Waals surface area contributed by atoms with Gasteiger partial charge in [-0.05, 0) is 37.6 Å². The van der Waals surface area contributed by atoms with Gasteiger partial charge in [0.25, 0.3) is 0 Å². The van der Waals surface area contributed by atoms with Crippen molar-refractivity contribution in [3.05, 3.63) is 23.5 Å². The Kier molecular flexibility index (Phi) is 3.29. The van der Waals surface area contributed by atoms with Gasteiger partial charge in [0.15, 0.2) is 0 Å². The van der Waals surface area contributed by atoms with E-state index in [9.17, 15) is 4.79 Å². The zero-order valence-electron chi connectivity index (χ0n) is 9.65. The lowest BCUT2D eigenvalue weighted by Gasteiger charge is -2.25. The highest BCUT2D eigenvalue weighted by Crippen LogP contribution is 2.14. The molecule has 2 rings (SSSR count). The average molecular weight is 222 g/mol. The smallest absolute Gasteiger partial charge is 0.352 e. The van der Waals surface area contributed by atoms with E-state index in [1.807, 2.05) is 6.20 Å². The molecule has 0 amide bonds. The van der Waals surface area contributed by atoms with Gasteiger partial charge in [-0.3, -0.25) is 4.90 Å². The Morgan fingerprint density at radius 3 is 2.62 bits per heavy atom. The fourth-order valence-corrected chi connectivity index (χ4v) is 2.31. The van der Waals surface area contributed by atoms with Crippen molar-refractivity contribution >= 4 is 5.97 Å². The van der Waals surface area contributed by atoms with Crippen LogP contribution in [-0.4, -0.2) is 33.6 Å². The average Bonchev–Trinajstić information content (AvgIpc) is 2.61. The van der Waals surface area contributed by atoms with E-state index in [0.29, 0.717) is 5.69 Å². The summed E-state index contributed by atoms with van der Waals surface area (Å²) in [6.07, 6.45) is 5.76. The topological polar surface area (TPSA) is 45.5 Å². The predicted octanol–water partition coefficient (Wildman–Crippen LogP) is 1.71. The second-order valence-corrected chi connectivity index (χ2v) is 4.49. The van der Waals surface area contributed by atoms with E-state index >= 15 is 0 Å². The molecule has 1 aromatic rings. The van der Waals surface area contributed by atoms with E-state index in [0.717, 1.165) is 25.2 Å². The van der Waals surface area contributed by atoms with Crippen LogP contribution in [0.15, 0.2) is 12.3 Å². The van der Waals surface area contributed by atoms with Crippen molar-refractivity contribution in [3.8, 4) is 0 Å². The van der Waals surface area contributed by atoms with Gasteiger partial charge in [0, 0.05) is 19.8 Å². The van der Waals surface area contributed by atoms with Gasteiger partial charge < -0.3 is 9.67 Å². The summed E-state index contributed by atoms with van der Waals surface area (Å²) in [5.74, 6) is -0.854. The molecule has 0 atom stereocenters. The lowest BCUT2D eigenvalue weighted by atomic mass is 10.1. The third-order valence-corrected chi connectivity index (χ3v) is 3.14. The first-order chi connectivity index (χ1) is 7.66. The number of hydrogen-bond donors (Lipinski definition) is 1. The molecule has 0 radical (unpaired) electrons. The molecule has 1 aromatic heterocycles. The van der Waals surface area contributed by atoms with Gasteiger partial charge in [-0.15, -0.1) is 0 Å². The van der Waals surface area contributed by atoms with E-state index in [1.54, 1.807) is 17.7 Å². The van der Waals surface area contributed by atoms with Crippen LogP contribution in [0.5, 0.6) is 0 Å². The Morgan fingerprint density at radius 1 is 1.38 bits per heavy atom. The summed E-state index contributed by atoms with van der Waals surface area (Å²) in [4.78, 5) is 13.3. The van der Waals surface area contributed by atoms with E-state index in [2.05, 4.69) is 4.90 Å². The summed E-state index contributed by atoms with van der Waals surface area (Å²) < 4.78 is 1.68. The monoisotopic (exact) mass is 222 g/mol. The molecule has 0 aliphatic carbocycles. The molecule has 88 valence electrons. The number of carboxylic acid groups (broad SMARTS) is 1. The molecule has 0 saturated carbocycles. The summed E-state index contributed by atoms with van der Waals surface area (Å²) in [5.41, 5.74) is 1.47. The van der Waals surface area contributed by atoms with Crippen LogP contribution in [0.1, 0.15) is 35.3 Å². The van der Waals surface area contributed by atoms with Crippen LogP contribution in [0.3, 0.4) is 0 Å². The second-order valence-electron chi connectivity index (χ2n) is 4.49. The zero-order chi connectivity index (χ0) is 11.5. The first kappa shape index (κ1) is 11.2. The van der Waals surface area contributed by atoms with E-state index < -0.39 is 5.97 Å². The van der Waals surface area contributed by atoms with Crippen molar-refractivity contribution in [3.63, 3.8) is 0 Å². The molecule has 1 N–H and O–H groups in total. The van der Waals surface area contributed by atoms with Crippen molar-refractivity contribution in [2.45, 2.75) is 25.8 Å². The Labute approximate surface area is 95.5 Å². The summed E-state index contributed by atoms with van der Waals surface area (Å²) >= 11 is 0. The van der Waals surface area contributed by atoms with Gasteiger partial charge >= 0.3 is 5.97 Å². The standard InChI is InChI=1S/C12H18N2O2/c1-13-8-10(7-11(13)12(15)16)9-14-5-3-2-4-6-14/h7-8H,2-6,9H2,1H3,(H,15,16). The molecule has 4 heteroatoms.